The van der Waals surface area contributed by atoms with E-state index in [2.05, 4.69) is 10.5 Å². The van der Waals surface area contributed by atoms with Crippen LogP contribution in [0.4, 0.5) is 5.69 Å². The zero-order valence-electron chi connectivity index (χ0n) is 17.9. The zero-order valence-corrected chi connectivity index (χ0v) is 17.9. The average molecular weight is 447 g/mol. The quantitative estimate of drug-likeness (QED) is 0.183. The van der Waals surface area contributed by atoms with Gasteiger partial charge in [-0.1, -0.05) is 29.8 Å². The average Bonchev–Trinajstić information content (AvgIpc) is 2.80. The number of hydrogen-bond acceptors (Lipinski definition) is 7. The fourth-order valence-corrected chi connectivity index (χ4v) is 2.69. The van der Waals surface area contributed by atoms with Crippen LogP contribution in [0.5, 0.6) is 11.5 Å². The number of ether oxygens (including phenoxy) is 2. The summed E-state index contributed by atoms with van der Waals surface area (Å²) in [6.45, 7) is 3.39. The van der Waals surface area contributed by atoms with Gasteiger partial charge in [-0.15, -0.1) is 0 Å². The van der Waals surface area contributed by atoms with E-state index in [9.17, 15) is 19.7 Å². The minimum absolute atomic E-state index is 0.00935. The van der Waals surface area contributed by atoms with Crippen LogP contribution >= 0.6 is 0 Å². The number of rotatable bonds is 8. The fraction of sp³-hybridized carbons (Fsp3) is 0.125. The number of carbonyl (C=O) groups excluding carboxylic acids is 2. The molecule has 0 fully saturated rings. The lowest BCUT2D eigenvalue weighted by Gasteiger charge is -2.12. The SMILES string of the molecule is Cc1ccc(C(=O)Oc2ccc(/C=N\NC(=O)[C@H](C)Oc3ccccc3[N+](=O)[O-])cc2)cc1. The standard InChI is InChI=1S/C24H21N3O6/c1-16-7-11-19(12-8-16)24(29)33-20-13-9-18(10-14-20)15-25-26-23(28)17(2)32-22-6-4-3-5-21(22)27(30)31/h3-15,17H,1-2H3,(H,26,28)/b25-15-/t17-/m0/s1. The molecule has 0 aliphatic heterocycles. The summed E-state index contributed by atoms with van der Waals surface area (Å²) in [5.41, 5.74) is 4.24. The van der Waals surface area contributed by atoms with Crippen molar-refractivity contribution in [2.75, 3.05) is 0 Å². The third-order valence-corrected chi connectivity index (χ3v) is 4.50. The van der Waals surface area contributed by atoms with E-state index in [0.29, 0.717) is 16.9 Å². The normalized spacial score (nSPS) is 11.6. The van der Waals surface area contributed by atoms with Crippen molar-refractivity contribution in [2.45, 2.75) is 20.0 Å². The number of nitrogens with one attached hydrogen (secondary N) is 1. The van der Waals surface area contributed by atoms with E-state index in [0.717, 1.165) is 5.56 Å². The van der Waals surface area contributed by atoms with Crippen LogP contribution < -0.4 is 14.9 Å². The molecule has 3 rings (SSSR count). The summed E-state index contributed by atoms with van der Waals surface area (Å²) in [5, 5.41) is 14.9. The van der Waals surface area contributed by atoms with Crippen molar-refractivity contribution in [1.82, 2.24) is 5.43 Å². The summed E-state index contributed by atoms with van der Waals surface area (Å²) in [6.07, 6.45) is 0.396. The molecule has 1 atom stereocenters. The van der Waals surface area contributed by atoms with E-state index >= 15 is 0 Å². The fourth-order valence-electron chi connectivity index (χ4n) is 2.69. The van der Waals surface area contributed by atoms with E-state index in [1.807, 2.05) is 19.1 Å². The van der Waals surface area contributed by atoms with Gasteiger partial charge in [0.15, 0.2) is 11.9 Å². The molecule has 0 heterocycles. The molecule has 0 aliphatic rings. The molecule has 3 aromatic rings. The molecule has 0 aliphatic carbocycles. The van der Waals surface area contributed by atoms with Crippen molar-refractivity contribution >= 4 is 23.8 Å². The largest absolute Gasteiger partial charge is 0.474 e. The number of nitro groups is 1. The maximum atomic E-state index is 12.2. The second-order valence-electron chi connectivity index (χ2n) is 7.04. The van der Waals surface area contributed by atoms with Crippen molar-refractivity contribution < 1.29 is 24.0 Å². The first kappa shape index (κ1) is 23.1. The summed E-state index contributed by atoms with van der Waals surface area (Å²) in [6, 6.07) is 19.4. The molecule has 0 bridgehead atoms. The smallest absolute Gasteiger partial charge is 0.343 e. The second kappa shape index (κ2) is 10.7. The number of esters is 1. The number of amides is 1. The van der Waals surface area contributed by atoms with Crippen molar-refractivity contribution in [3.05, 3.63) is 99.6 Å². The molecule has 0 unspecified atom stereocenters. The third-order valence-electron chi connectivity index (χ3n) is 4.50. The minimum atomic E-state index is -1.01. The molecule has 168 valence electrons. The maximum Gasteiger partial charge on any atom is 0.343 e. The molecule has 3 aromatic carbocycles. The van der Waals surface area contributed by atoms with Crippen LogP contribution in [0.2, 0.25) is 0 Å². The topological polar surface area (TPSA) is 120 Å². The molecule has 0 spiro atoms. The number of nitrogens with zero attached hydrogens (tertiary/aromatic N) is 2. The third kappa shape index (κ3) is 6.47. The Balaban J connectivity index is 1.52. The molecule has 0 aromatic heterocycles. The number of aryl methyl sites for hydroxylation is 1. The van der Waals surface area contributed by atoms with Crippen molar-refractivity contribution in [2.24, 2.45) is 5.10 Å². The Kier molecular flexibility index (Phi) is 7.48. The highest BCUT2D eigenvalue weighted by Gasteiger charge is 2.20. The van der Waals surface area contributed by atoms with Crippen LogP contribution in [-0.4, -0.2) is 29.1 Å². The first-order valence-electron chi connectivity index (χ1n) is 9.95. The number of hydrazone groups is 1. The van der Waals surface area contributed by atoms with Gasteiger partial charge < -0.3 is 9.47 Å². The Labute approximate surface area is 189 Å². The number of carbonyl (C=O) groups is 2. The van der Waals surface area contributed by atoms with Gasteiger partial charge in [-0.05, 0) is 61.9 Å². The lowest BCUT2D eigenvalue weighted by Crippen LogP contribution is -2.33. The number of para-hydroxylation sites is 2. The Morgan fingerprint density at radius 3 is 2.36 bits per heavy atom. The number of nitro benzene ring substituents is 1. The Morgan fingerprint density at radius 1 is 1.03 bits per heavy atom. The van der Waals surface area contributed by atoms with Crippen LogP contribution in [0.15, 0.2) is 77.9 Å². The number of benzene rings is 3. The number of hydrogen-bond donors (Lipinski definition) is 1. The van der Waals surface area contributed by atoms with Crippen molar-refractivity contribution in [1.29, 1.82) is 0 Å². The minimum Gasteiger partial charge on any atom is -0.474 e. The maximum absolute atomic E-state index is 12.2. The van der Waals surface area contributed by atoms with Crippen LogP contribution in [0.3, 0.4) is 0 Å². The van der Waals surface area contributed by atoms with Crippen molar-refractivity contribution in [3.8, 4) is 11.5 Å². The summed E-state index contributed by atoms with van der Waals surface area (Å²) in [5.74, 6) is -0.678. The van der Waals surface area contributed by atoms with Gasteiger partial charge in [0.05, 0.1) is 16.7 Å². The molecule has 9 nitrogen and oxygen atoms in total. The molecule has 0 saturated carbocycles. The second-order valence-corrected chi connectivity index (χ2v) is 7.04. The molecule has 0 saturated heterocycles. The zero-order chi connectivity index (χ0) is 23.8. The van der Waals surface area contributed by atoms with Gasteiger partial charge >= 0.3 is 11.7 Å². The predicted octanol–water partition coefficient (Wildman–Crippen LogP) is 4.04. The Morgan fingerprint density at radius 2 is 1.70 bits per heavy atom. The van der Waals surface area contributed by atoms with Crippen LogP contribution in [0.1, 0.15) is 28.4 Å². The Bertz CT molecular complexity index is 1170. The lowest BCUT2D eigenvalue weighted by molar-refractivity contribution is -0.386. The molecule has 1 N–H and O–H groups in total. The monoisotopic (exact) mass is 447 g/mol. The van der Waals surface area contributed by atoms with Gasteiger partial charge in [-0.2, -0.15) is 5.10 Å². The summed E-state index contributed by atoms with van der Waals surface area (Å²) < 4.78 is 10.7. The lowest BCUT2D eigenvalue weighted by atomic mass is 10.1. The van der Waals surface area contributed by atoms with Gasteiger partial charge in [0.25, 0.3) is 5.91 Å². The highest BCUT2D eigenvalue weighted by atomic mass is 16.6. The van der Waals surface area contributed by atoms with Gasteiger partial charge in [0, 0.05) is 6.07 Å². The highest BCUT2D eigenvalue weighted by Crippen LogP contribution is 2.26. The molecular weight excluding hydrogens is 426 g/mol. The first-order chi connectivity index (χ1) is 15.8. The van der Waals surface area contributed by atoms with Crippen LogP contribution in [-0.2, 0) is 4.79 Å². The van der Waals surface area contributed by atoms with E-state index < -0.39 is 22.9 Å². The highest BCUT2D eigenvalue weighted by molar-refractivity contribution is 5.91. The van der Waals surface area contributed by atoms with Crippen LogP contribution in [0, 0.1) is 17.0 Å². The van der Waals surface area contributed by atoms with Crippen molar-refractivity contribution in [3.63, 3.8) is 0 Å². The summed E-state index contributed by atoms with van der Waals surface area (Å²) >= 11 is 0. The van der Waals surface area contributed by atoms with Gasteiger partial charge in [-0.25, -0.2) is 10.2 Å². The summed E-state index contributed by atoms with van der Waals surface area (Å²) in [7, 11) is 0. The van der Waals surface area contributed by atoms with Gasteiger partial charge in [-0.3, -0.25) is 14.9 Å². The molecule has 1 amide bonds. The van der Waals surface area contributed by atoms with E-state index in [1.165, 1.54) is 31.3 Å². The predicted molar refractivity (Wildman–Crippen MR) is 122 cm³/mol. The molecular formula is C24H21N3O6. The van der Waals surface area contributed by atoms with Gasteiger partial charge in [0.2, 0.25) is 0 Å². The first-order valence-corrected chi connectivity index (χ1v) is 9.95. The van der Waals surface area contributed by atoms with E-state index in [4.69, 9.17) is 9.47 Å². The molecule has 9 heteroatoms. The summed E-state index contributed by atoms with van der Waals surface area (Å²) in [4.78, 5) is 34.8. The Hall–Kier alpha value is -4.53. The van der Waals surface area contributed by atoms with E-state index in [1.54, 1.807) is 42.5 Å². The van der Waals surface area contributed by atoms with Gasteiger partial charge in [0.1, 0.15) is 5.75 Å². The molecule has 0 radical (unpaired) electrons. The van der Waals surface area contributed by atoms with E-state index in [-0.39, 0.29) is 11.4 Å². The molecule has 33 heavy (non-hydrogen) atoms. The van der Waals surface area contributed by atoms with Crippen LogP contribution in [0.25, 0.3) is 0 Å².